The molecular formula is C14H8F2N3O2S. The van der Waals surface area contributed by atoms with Gasteiger partial charge in [0.05, 0.1) is 5.56 Å². The van der Waals surface area contributed by atoms with Crippen molar-refractivity contribution in [3.63, 3.8) is 0 Å². The van der Waals surface area contributed by atoms with E-state index in [0.29, 0.717) is 3.97 Å². The summed E-state index contributed by atoms with van der Waals surface area (Å²) < 4.78 is 53.5. The van der Waals surface area contributed by atoms with Gasteiger partial charge in [0.25, 0.3) is 10.0 Å². The van der Waals surface area contributed by atoms with E-state index in [-0.39, 0.29) is 10.5 Å². The zero-order chi connectivity index (χ0) is 15.7. The van der Waals surface area contributed by atoms with Crippen molar-refractivity contribution in [2.45, 2.75) is 4.90 Å². The highest BCUT2D eigenvalue weighted by Gasteiger charge is 2.25. The van der Waals surface area contributed by atoms with Crippen LogP contribution in [0.5, 0.6) is 0 Å². The highest BCUT2D eigenvalue weighted by molar-refractivity contribution is 7.90. The van der Waals surface area contributed by atoms with Crippen LogP contribution in [-0.2, 0) is 10.0 Å². The number of hydrogen-bond acceptors (Lipinski definition) is 4. The Morgan fingerprint density at radius 2 is 1.91 bits per heavy atom. The van der Waals surface area contributed by atoms with Crippen molar-refractivity contribution >= 4 is 10.0 Å². The van der Waals surface area contributed by atoms with Crippen LogP contribution in [0, 0.1) is 17.8 Å². The van der Waals surface area contributed by atoms with Crippen LogP contribution in [0.1, 0.15) is 0 Å². The first kappa shape index (κ1) is 14.3. The largest absolute Gasteiger partial charge is 0.269 e. The van der Waals surface area contributed by atoms with Gasteiger partial charge in [-0.05, 0) is 24.3 Å². The highest BCUT2D eigenvalue weighted by atomic mass is 32.2. The SMILES string of the molecule is O=S(=O)(c1cccnc1)n1c[c]c(F)c1-c1cccnc1F. The number of nitrogens with zero attached hydrogens (tertiary/aromatic N) is 3. The Bertz CT molecular complexity index is 924. The summed E-state index contributed by atoms with van der Waals surface area (Å²) >= 11 is 0. The molecule has 0 aliphatic heterocycles. The Balaban J connectivity index is 2.25. The Hall–Kier alpha value is -2.61. The molecule has 0 aliphatic carbocycles. The lowest BCUT2D eigenvalue weighted by Crippen LogP contribution is -2.14. The molecular weight excluding hydrogens is 312 g/mol. The van der Waals surface area contributed by atoms with Gasteiger partial charge in [-0.2, -0.15) is 4.39 Å². The smallest absolute Gasteiger partial charge is 0.263 e. The molecule has 0 atom stereocenters. The Morgan fingerprint density at radius 3 is 2.59 bits per heavy atom. The van der Waals surface area contributed by atoms with Gasteiger partial charge in [0.1, 0.15) is 10.6 Å². The van der Waals surface area contributed by atoms with Crippen molar-refractivity contribution in [1.82, 2.24) is 13.9 Å². The van der Waals surface area contributed by atoms with Gasteiger partial charge in [-0.25, -0.2) is 21.8 Å². The van der Waals surface area contributed by atoms with Crippen molar-refractivity contribution in [3.8, 4) is 11.3 Å². The number of rotatable bonds is 3. The first-order chi connectivity index (χ1) is 10.5. The summed E-state index contributed by atoms with van der Waals surface area (Å²) in [6.07, 6.45) is 4.61. The van der Waals surface area contributed by atoms with Crippen LogP contribution in [0.25, 0.3) is 11.3 Å². The predicted octanol–water partition coefficient (Wildman–Crippen LogP) is 2.26. The zero-order valence-electron chi connectivity index (χ0n) is 10.9. The van der Waals surface area contributed by atoms with E-state index in [1.54, 1.807) is 0 Å². The van der Waals surface area contributed by atoms with E-state index in [2.05, 4.69) is 16.0 Å². The molecule has 3 aromatic heterocycles. The fourth-order valence-electron chi connectivity index (χ4n) is 1.95. The molecule has 111 valence electrons. The maximum atomic E-state index is 14.0. The second kappa shape index (κ2) is 5.30. The van der Waals surface area contributed by atoms with Gasteiger partial charge in [0, 0.05) is 30.9 Å². The quantitative estimate of drug-likeness (QED) is 0.694. The standard InChI is InChI=1S/C14H8F2N3O2S/c15-12-5-8-19(13(12)11-4-2-7-18-14(11)16)22(20,21)10-3-1-6-17-9-10/h1-4,6-9H. The average Bonchev–Trinajstić information content (AvgIpc) is 2.91. The second-order valence-corrected chi connectivity index (χ2v) is 6.08. The number of hydrogen-bond donors (Lipinski definition) is 0. The molecule has 0 spiro atoms. The lowest BCUT2D eigenvalue weighted by atomic mass is 10.2. The van der Waals surface area contributed by atoms with Crippen LogP contribution in [0.2, 0.25) is 0 Å². The molecule has 5 nitrogen and oxygen atoms in total. The highest BCUT2D eigenvalue weighted by Crippen LogP contribution is 2.28. The fourth-order valence-corrected chi connectivity index (χ4v) is 3.23. The zero-order valence-corrected chi connectivity index (χ0v) is 11.8. The number of aromatic nitrogens is 3. The summed E-state index contributed by atoms with van der Waals surface area (Å²) in [6.45, 7) is 0. The van der Waals surface area contributed by atoms with E-state index in [1.807, 2.05) is 0 Å². The number of pyridine rings is 2. The third-order valence-electron chi connectivity index (χ3n) is 2.94. The molecule has 1 radical (unpaired) electrons. The monoisotopic (exact) mass is 320 g/mol. The minimum Gasteiger partial charge on any atom is -0.263 e. The van der Waals surface area contributed by atoms with Crippen LogP contribution in [0.4, 0.5) is 8.78 Å². The third-order valence-corrected chi connectivity index (χ3v) is 4.59. The van der Waals surface area contributed by atoms with E-state index in [9.17, 15) is 17.2 Å². The minimum absolute atomic E-state index is 0.149. The summed E-state index contributed by atoms with van der Waals surface area (Å²) in [6, 6.07) is 7.50. The second-order valence-electron chi connectivity index (χ2n) is 4.27. The topological polar surface area (TPSA) is 64.8 Å². The maximum Gasteiger partial charge on any atom is 0.269 e. The van der Waals surface area contributed by atoms with Crippen LogP contribution in [0.3, 0.4) is 0 Å². The van der Waals surface area contributed by atoms with Crippen molar-refractivity contribution in [1.29, 1.82) is 0 Å². The Kier molecular flexibility index (Phi) is 3.45. The lowest BCUT2D eigenvalue weighted by molar-refractivity contribution is 0.576. The molecule has 3 heterocycles. The molecule has 0 N–H and O–H groups in total. The van der Waals surface area contributed by atoms with Crippen LogP contribution < -0.4 is 0 Å². The minimum atomic E-state index is -4.13. The average molecular weight is 320 g/mol. The molecule has 22 heavy (non-hydrogen) atoms. The molecule has 3 aromatic rings. The molecule has 0 saturated heterocycles. The summed E-state index contributed by atoms with van der Waals surface area (Å²) in [5.74, 6) is -1.96. The van der Waals surface area contributed by atoms with E-state index < -0.39 is 27.5 Å². The van der Waals surface area contributed by atoms with Crippen molar-refractivity contribution in [3.05, 3.63) is 66.9 Å². The van der Waals surface area contributed by atoms with E-state index in [4.69, 9.17) is 0 Å². The molecule has 0 amide bonds. The van der Waals surface area contributed by atoms with Gasteiger partial charge in [-0.1, -0.05) is 0 Å². The van der Waals surface area contributed by atoms with E-state index in [0.717, 1.165) is 12.4 Å². The number of halogens is 2. The predicted molar refractivity (Wildman–Crippen MR) is 73.2 cm³/mol. The van der Waals surface area contributed by atoms with Crippen LogP contribution in [0.15, 0.2) is 53.9 Å². The molecule has 0 unspecified atom stereocenters. The Morgan fingerprint density at radius 1 is 1.14 bits per heavy atom. The van der Waals surface area contributed by atoms with Gasteiger partial charge < -0.3 is 0 Å². The maximum absolute atomic E-state index is 14.0. The summed E-state index contributed by atoms with van der Waals surface area (Å²) in [5.41, 5.74) is -0.733. The molecule has 0 bridgehead atoms. The molecule has 8 heteroatoms. The molecule has 3 rings (SSSR count). The summed E-state index contributed by atoms with van der Waals surface area (Å²) in [5, 5.41) is 0. The summed E-state index contributed by atoms with van der Waals surface area (Å²) in [7, 11) is -4.13. The van der Waals surface area contributed by atoms with Gasteiger partial charge in [-0.15, -0.1) is 0 Å². The van der Waals surface area contributed by atoms with E-state index >= 15 is 0 Å². The first-order valence-electron chi connectivity index (χ1n) is 6.07. The van der Waals surface area contributed by atoms with Crippen LogP contribution >= 0.6 is 0 Å². The molecule has 0 saturated carbocycles. The van der Waals surface area contributed by atoms with Crippen LogP contribution in [-0.4, -0.2) is 22.4 Å². The van der Waals surface area contributed by atoms with E-state index in [1.165, 1.54) is 36.7 Å². The van der Waals surface area contributed by atoms with Gasteiger partial charge in [-0.3, -0.25) is 4.98 Å². The third kappa shape index (κ3) is 2.27. The molecule has 0 fully saturated rings. The summed E-state index contributed by atoms with van der Waals surface area (Å²) in [4.78, 5) is 6.98. The van der Waals surface area contributed by atoms with Gasteiger partial charge >= 0.3 is 0 Å². The normalized spacial score (nSPS) is 11.5. The van der Waals surface area contributed by atoms with Gasteiger partial charge in [0.15, 0.2) is 5.82 Å². The fraction of sp³-hybridized carbons (Fsp3) is 0. The Labute approximate surface area is 124 Å². The van der Waals surface area contributed by atoms with Crippen molar-refractivity contribution in [2.24, 2.45) is 0 Å². The van der Waals surface area contributed by atoms with Gasteiger partial charge in [0.2, 0.25) is 5.95 Å². The van der Waals surface area contributed by atoms with Crippen molar-refractivity contribution < 1.29 is 17.2 Å². The molecule has 0 aromatic carbocycles. The van der Waals surface area contributed by atoms with Crippen molar-refractivity contribution in [2.75, 3.05) is 0 Å². The lowest BCUT2D eigenvalue weighted by Gasteiger charge is -2.10. The first-order valence-corrected chi connectivity index (χ1v) is 7.51. The molecule has 0 aliphatic rings.